The van der Waals surface area contributed by atoms with E-state index in [1.165, 1.54) is 29.8 Å². The van der Waals surface area contributed by atoms with Crippen LogP contribution in [0.5, 0.6) is 0 Å². The van der Waals surface area contributed by atoms with Crippen LogP contribution < -0.4 is 15.5 Å². The van der Waals surface area contributed by atoms with E-state index in [9.17, 15) is 17.6 Å². The molecule has 9 nitrogen and oxygen atoms in total. The number of anilines is 1. The van der Waals surface area contributed by atoms with E-state index in [0.29, 0.717) is 33.6 Å². The number of sulfonamides is 1. The number of nitrogens with one attached hydrogen (secondary N) is 2. The number of carbonyl (C=O) groups excluding carboxylic acids is 1. The fourth-order valence-corrected chi connectivity index (χ4v) is 6.55. The predicted molar refractivity (Wildman–Crippen MR) is 169 cm³/mol. The standard InChI is InChI=1S/C32H35BF2N4O5S/c1-31(2)32(3,4)44-33(43-31)24-13-6-19(16-25(24)35)14-15-45(41,42)38-26-18-39-27(17-23(26)20-7-8-20)28(30(40)36-5)29(37-39)21-9-11-22(34)12-10-21/h6,9-13,16-18,20,38H,7-8,14-15H2,1-5H3,(H,36,40). The van der Waals surface area contributed by atoms with Crippen molar-refractivity contribution in [2.45, 2.75) is 64.1 Å². The number of aryl methyl sites for hydroxylation is 1. The van der Waals surface area contributed by atoms with Gasteiger partial charge in [0.1, 0.15) is 17.3 Å². The molecule has 1 aliphatic carbocycles. The summed E-state index contributed by atoms with van der Waals surface area (Å²) in [6.07, 6.45) is 3.41. The third-order valence-corrected chi connectivity index (χ3v) is 10.2. The zero-order chi connectivity index (χ0) is 32.3. The van der Waals surface area contributed by atoms with Gasteiger partial charge in [-0.3, -0.25) is 9.52 Å². The third kappa shape index (κ3) is 6.08. The van der Waals surface area contributed by atoms with Crippen LogP contribution in [0.2, 0.25) is 0 Å². The highest BCUT2D eigenvalue weighted by molar-refractivity contribution is 7.92. The summed E-state index contributed by atoms with van der Waals surface area (Å²) in [5.74, 6) is -1.46. The van der Waals surface area contributed by atoms with Crippen LogP contribution in [-0.4, -0.2) is 55.1 Å². The molecule has 0 bridgehead atoms. The molecule has 0 spiro atoms. The molecule has 0 unspecified atom stereocenters. The third-order valence-electron chi connectivity index (χ3n) is 8.89. The first-order valence-corrected chi connectivity index (χ1v) is 16.5. The molecule has 45 heavy (non-hydrogen) atoms. The number of halogens is 2. The molecule has 2 N–H and O–H groups in total. The lowest BCUT2D eigenvalue weighted by Gasteiger charge is -2.32. The molecule has 236 valence electrons. The van der Waals surface area contributed by atoms with Crippen molar-refractivity contribution in [1.82, 2.24) is 14.9 Å². The number of nitrogens with zero attached hydrogens (tertiary/aromatic N) is 2. The van der Waals surface area contributed by atoms with Crippen LogP contribution in [-0.2, 0) is 25.8 Å². The number of pyridine rings is 1. The zero-order valence-corrected chi connectivity index (χ0v) is 26.6. The molecule has 0 atom stereocenters. The van der Waals surface area contributed by atoms with Crippen LogP contribution in [0.15, 0.2) is 54.7 Å². The predicted octanol–water partition coefficient (Wildman–Crippen LogP) is 4.80. The van der Waals surface area contributed by atoms with Gasteiger partial charge in [0.05, 0.1) is 39.9 Å². The van der Waals surface area contributed by atoms with E-state index in [1.54, 1.807) is 36.5 Å². The molecular weight excluding hydrogens is 601 g/mol. The summed E-state index contributed by atoms with van der Waals surface area (Å²) < 4.78 is 71.5. The molecule has 2 aromatic carbocycles. The van der Waals surface area contributed by atoms with E-state index in [4.69, 9.17) is 9.31 Å². The van der Waals surface area contributed by atoms with Gasteiger partial charge in [0.25, 0.3) is 5.91 Å². The van der Waals surface area contributed by atoms with Gasteiger partial charge in [-0.2, -0.15) is 5.10 Å². The molecule has 1 saturated heterocycles. The van der Waals surface area contributed by atoms with E-state index in [2.05, 4.69) is 15.1 Å². The SMILES string of the molecule is CNC(=O)c1c(-c2ccc(F)cc2)nn2cc(NS(=O)(=O)CCc3ccc(B4OC(C)(C)C(C)(C)O4)c(F)c3)c(C3CC3)cc12. The second-order valence-electron chi connectivity index (χ2n) is 12.7. The molecule has 4 aromatic rings. The van der Waals surface area contributed by atoms with Crippen LogP contribution in [0.4, 0.5) is 14.5 Å². The molecule has 3 heterocycles. The molecule has 1 amide bonds. The lowest BCUT2D eigenvalue weighted by molar-refractivity contribution is 0.00578. The Labute approximate surface area is 261 Å². The quantitative estimate of drug-likeness (QED) is 0.256. The Bertz CT molecular complexity index is 1890. The van der Waals surface area contributed by atoms with Crippen LogP contribution in [0.25, 0.3) is 16.8 Å². The topological polar surface area (TPSA) is 111 Å². The van der Waals surface area contributed by atoms with Crippen molar-refractivity contribution >= 4 is 39.7 Å². The molecular formula is C32H35BF2N4O5S. The van der Waals surface area contributed by atoms with Crippen molar-refractivity contribution < 1.29 is 31.3 Å². The van der Waals surface area contributed by atoms with Gasteiger partial charge in [0, 0.05) is 18.1 Å². The largest absolute Gasteiger partial charge is 0.497 e. The van der Waals surface area contributed by atoms with Crippen LogP contribution in [0.3, 0.4) is 0 Å². The Morgan fingerprint density at radius 2 is 1.71 bits per heavy atom. The minimum absolute atomic E-state index is 0.0776. The minimum atomic E-state index is -3.86. The van der Waals surface area contributed by atoms with Gasteiger partial charge in [0.2, 0.25) is 10.0 Å². The average molecular weight is 637 g/mol. The van der Waals surface area contributed by atoms with E-state index >= 15 is 4.39 Å². The second kappa shape index (κ2) is 11.2. The fourth-order valence-electron chi connectivity index (χ4n) is 5.44. The Balaban J connectivity index is 1.25. The number of hydrogen-bond donors (Lipinski definition) is 2. The smallest absolute Gasteiger partial charge is 0.399 e. The normalized spacial score (nSPS) is 17.5. The summed E-state index contributed by atoms with van der Waals surface area (Å²) in [5.41, 5.74) is 2.39. The van der Waals surface area contributed by atoms with Crippen LogP contribution in [0, 0.1) is 11.6 Å². The molecule has 1 saturated carbocycles. The number of rotatable bonds is 9. The number of fused-ring (bicyclic) bond motifs is 1. The Morgan fingerprint density at radius 1 is 1.04 bits per heavy atom. The monoisotopic (exact) mass is 636 g/mol. The van der Waals surface area contributed by atoms with Gasteiger partial charge in [-0.1, -0.05) is 12.1 Å². The van der Waals surface area contributed by atoms with Crippen molar-refractivity contribution in [3.05, 3.63) is 83.1 Å². The maximum absolute atomic E-state index is 15.1. The Kier molecular flexibility index (Phi) is 7.77. The molecule has 1 aliphatic heterocycles. The highest BCUT2D eigenvalue weighted by Crippen LogP contribution is 2.45. The fraction of sp³-hybridized carbons (Fsp3) is 0.375. The maximum Gasteiger partial charge on any atom is 0.497 e. The van der Waals surface area contributed by atoms with Gasteiger partial charge in [-0.15, -0.1) is 0 Å². The Hall–Kier alpha value is -3.81. The minimum Gasteiger partial charge on any atom is -0.399 e. The number of benzene rings is 2. The molecule has 0 radical (unpaired) electrons. The first-order valence-electron chi connectivity index (χ1n) is 14.9. The van der Waals surface area contributed by atoms with Gasteiger partial charge in [0.15, 0.2) is 0 Å². The summed E-state index contributed by atoms with van der Waals surface area (Å²) in [5, 5.41) is 7.23. The summed E-state index contributed by atoms with van der Waals surface area (Å²) in [7, 11) is -3.21. The molecule has 2 aromatic heterocycles. The summed E-state index contributed by atoms with van der Waals surface area (Å²) >= 11 is 0. The van der Waals surface area contributed by atoms with Gasteiger partial charge in [-0.05, 0) is 100 Å². The van der Waals surface area contributed by atoms with E-state index in [-0.39, 0.29) is 29.5 Å². The van der Waals surface area contributed by atoms with E-state index in [1.807, 2.05) is 27.7 Å². The van der Waals surface area contributed by atoms with Crippen molar-refractivity contribution in [3.8, 4) is 11.3 Å². The van der Waals surface area contributed by atoms with Gasteiger partial charge < -0.3 is 14.6 Å². The highest BCUT2D eigenvalue weighted by Gasteiger charge is 2.52. The molecule has 13 heteroatoms. The lowest BCUT2D eigenvalue weighted by Crippen LogP contribution is -2.41. The van der Waals surface area contributed by atoms with Crippen molar-refractivity contribution in [3.63, 3.8) is 0 Å². The summed E-state index contributed by atoms with van der Waals surface area (Å²) in [6.45, 7) is 7.56. The van der Waals surface area contributed by atoms with Gasteiger partial charge in [-0.25, -0.2) is 21.7 Å². The highest BCUT2D eigenvalue weighted by atomic mass is 32.2. The zero-order valence-electron chi connectivity index (χ0n) is 25.8. The maximum atomic E-state index is 15.1. The average Bonchev–Trinajstić information content (AvgIpc) is 3.71. The van der Waals surface area contributed by atoms with E-state index < -0.39 is 40.0 Å². The first-order chi connectivity index (χ1) is 21.2. The van der Waals surface area contributed by atoms with Gasteiger partial charge >= 0.3 is 7.12 Å². The second-order valence-corrected chi connectivity index (χ2v) is 14.5. The number of amides is 1. The molecule has 6 rings (SSSR count). The Morgan fingerprint density at radius 3 is 2.31 bits per heavy atom. The number of aromatic nitrogens is 2. The lowest BCUT2D eigenvalue weighted by atomic mass is 9.78. The van der Waals surface area contributed by atoms with Crippen molar-refractivity contribution in [2.75, 3.05) is 17.5 Å². The van der Waals surface area contributed by atoms with Crippen LogP contribution in [0.1, 0.15) is 67.9 Å². The van der Waals surface area contributed by atoms with Crippen molar-refractivity contribution in [1.29, 1.82) is 0 Å². The first kappa shape index (κ1) is 31.2. The van der Waals surface area contributed by atoms with E-state index in [0.717, 1.165) is 18.4 Å². The molecule has 2 aliphatic rings. The molecule has 2 fully saturated rings. The number of hydrogen-bond acceptors (Lipinski definition) is 6. The number of carbonyl (C=O) groups is 1. The van der Waals surface area contributed by atoms with Crippen molar-refractivity contribution in [2.24, 2.45) is 0 Å². The van der Waals surface area contributed by atoms with Crippen LogP contribution >= 0.6 is 0 Å². The summed E-state index contributed by atoms with van der Waals surface area (Å²) in [4.78, 5) is 13.0. The summed E-state index contributed by atoms with van der Waals surface area (Å²) in [6, 6.07) is 12.0.